The number of primary amides is 1. The zero-order valence-corrected chi connectivity index (χ0v) is 15.9. The van der Waals surface area contributed by atoms with Gasteiger partial charge in [-0.3, -0.25) is 9.59 Å². The number of carbonyl (C=O) groups excluding carboxylic acids is 3. The molecule has 4 N–H and O–H groups in total. The van der Waals surface area contributed by atoms with Crippen LogP contribution in [0.1, 0.15) is 37.0 Å². The van der Waals surface area contributed by atoms with Crippen LogP contribution in [-0.4, -0.2) is 39.5 Å². The Kier molecular flexibility index (Phi) is 6.64. The van der Waals surface area contributed by atoms with Crippen molar-refractivity contribution < 1.29 is 19.1 Å². The first-order chi connectivity index (χ1) is 13.1. The number of nitrogens with one attached hydrogen (secondary N) is 2. The smallest absolute Gasteiger partial charge is 0.408 e. The Hall–Kier alpha value is -3.49. The van der Waals surface area contributed by atoms with E-state index in [4.69, 9.17) is 10.5 Å². The fourth-order valence-corrected chi connectivity index (χ4v) is 2.24. The van der Waals surface area contributed by atoms with Crippen molar-refractivity contribution in [3.05, 3.63) is 54.1 Å². The molecule has 28 heavy (non-hydrogen) atoms. The molecule has 1 aromatic carbocycles. The summed E-state index contributed by atoms with van der Waals surface area (Å²) in [5, 5.41) is 5.14. The molecule has 148 valence electrons. The lowest BCUT2D eigenvalue weighted by atomic mass is 10.1. The predicted octanol–water partition coefficient (Wildman–Crippen LogP) is 1.65. The van der Waals surface area contributed by atoms with Crippen LogP contribution in [-0.2, 0) is 16.0 Å². The molecule has 1 aromatic heterocycles. The van der Waals surface area contributed by atoms with Gasteiger partial charge < -0.3 is 21.1 Å². The van der Waals surface area contributed by atoms with Crippen molar-refractivity contribution in [2.24, 2.45) is 5.73 Å². The van der Waals surface area contributed by atoms with Crippen LogP contribution in [0.3, 0.4) is 0 Å². The highest BCUT2D eigenvalue weighted by Crippen LogP contribution is 2.13. The van der Waals surface area contributed by atoms with E-state index in [1.54, 1.807) is 51.1 Å². The summed E-state index contributed by atoms with van der Waals surface area (Å²) in [7, 11) is 0. The zero-order chi connectivity index (χ0) is 20.7. The van der Waals surface area contributed by atoms with Crippen molar-refractivity contribution in [1.29, 1.82) is 0 Å². The van der Waals surface area contributed by atoms with Gasteiger partial charge in [-0.15, -0.1) is 0 Å². The minimum atomic E-state index is -0.923. The lowest BCUT2D eigenvalue weighted by Crippen LogP contribution is -2.47. The SMILES string of the molecule is CC(C)(C)OC(=O)N[C@@H](Cc1ccc(NC(=O)c2ncccn2)cc1)C(N)=O. The second-order valence-electron chi connectivity index (χ2n) is 7.03. The molecule has 3 amide bonds. The highest BCUT2D eigenvalue weighted by molar-refractivity contribution is 6.01. The molecule has 1 atom stereocenters. The van der Waals surface area contributed by atoms with Gasteiger partial charge in [0.15, 0.2) is 0 Å². The lowest BCUT2D eigenvalue weighted by molar-refractivity contribution is -0.120. The topological polar surface area (TPSA) is 136 Å². The first-order valence-electron chi connectivity index (χ1n) is 8.60. The van der Waals surface area contributed by atoms with Gasteiger partial charge in [-0.1, -0.05) is 12.1 Å². The van der Waals surface area contributed by atoms with E-state index in [2.05, 4.69) is 20.6 Å². The van der Waals surface area contributed by atoms with Crippen molar-refractivity contribution in [3.63, 3.8) is 0 Å². The zero-order valence-electron chi connectivity index (χ0n) is 15.9. The predicted molar refractivity (Wildman–Crippen MR) is 102 cm³/mol. The fraction of sp³-hybridized carbons (Fsp3) is 0.316. The normalized spacial score (nSPS) is 12.0. The third-order valence-electron chi connectivity index (χ3n) is 3.45. The van der Waals surface area contributed by atoms with Gasteiger partial charge in [-0.05, 0) is 44.5 Å². The minimum Gasteiger partial charge on any atom is -0.444 e. The van der Waals surface area contributed by atoms with Gasteiger partial charge in [-0.25, -0.2) is 14.8 Å². The Morgan fingerprint density at radius 1 is 1.11 bits per heavy atom. The number of aromatic nitrogens is 2. The Bertz CT molecular complexity index is 832. The standard InChI is InChI=1S/C19H23N5O4/c1-19(2,3)28-18(27)24-14(15(20)25)11-12-5-7-13(8-6-12)23-17(26)16-21-9-4-10-22-16/h4-10,14H,11H2,1-3H3,(H2,20,25)(H,23,26)(H,24,27)/t14-/m0/s1. The number of carbonyl (C=O) groups is 3. The third kappa shape index (κ3) is 6.67. The van der Waals surface area contributed by atoms with Gasteiger partial charge in [0.2, 0.25) is 11.7 Å². The van der Waals surface area contributed by atoms with Crippen molar-refractivity contribution in [1.82, 2.24) is 15.3 Å². The van der Waals surface area contributed by atoms with E-state index in [9.17, 15) is 14.4 Å². The summed E-state index contributed by atoms with van der Waals surface area (Å²) >= 11 is 0. The van der Waals surface area contributed by atoms with E-state index in [1.165, 1.54) is 12.4 Å². The molecule has 0 unspecified atom stereocenters. The van der Waals surface area contributed by atoms with Crippen molar-refractivity contribution in [2.45, 2.75) is 38.8 Å². The number of ether oxygens (including phenoxy) is 1. The highest BCUT2D eigenvalue weighted by atomic mass is 16.6. The quantitative estimate of drug-likeness (QED) is 0.692. The van der Waals surface area contributed by atoms with Crippen LogP contribution in [0.25, 0.3) is 0 Å². The number of hydrogen-bond donors (Lipinski definition) is 3. The second kappa shape index (κ2) is 8.94. The van der Waals surface area contributed by atoms with Gasteiger partial charge in [0, 0.05) is 24.5 Å². The number of rotatable bonds is 6. The number of benzene rings is 1. The van der Waals surface area contributed by atoms with Crippen LogP contribution in [0.5, 0.6) is 0 Å². The Balaban J connectivity index is 1.98. The fourth-order valence-electron chi connectivity index (χ4n) is 2.24. The van der Waals surface area contributed by atoms with Gasteiger partial charge in [0.1, 0.15) is 11.6 Å². The molecule has 0 saturated heterocycles. The number of amides is 3. The molecule has 9 nitrogen and oxygen atoms in total. The summed E-state index contributed by atoms with van der Waals surface area (Å²) in [6.07, 6.45) is 2.42. The van der Waals surface area contributed by atoms with E-state index in [0.717, 1.165) is 5.56 Å². The third-order valence-corrected chi connectivity index (χ3v) is 3.45. The summed E-state index contributed by atoms with van der Waals surface area (Å²) in [6.45, 7) is 5.16. The van der Waals surface area contributed by atoms with E-state index >= 15 is 0 Å². The molecule has 0 saturated carbocycles. The molecule has 2 rings (SSSR count). The average Bonchev–Trinajstić information content (AvgIpc) is 2.61. The van der Waals surface area contributed by atoms with E-state index in [0.29, 0.717) is 5.69 Å². The van der Waals surface area contributed by atoms with Crippen LogP contribution in [0, 0.1) is 0 Å². The maximum atomic E-state index is 12.0. The molecule has 0 spiro atoms. The molecule has 2 aromatic rings. The van der Waals surface area contributed by atoms with Crippen LogP contribution < -0.4 is 16.4 Å². The molecule has 0 radical (unpaired) electrons. The maximum absolute atomic E-state index is 12.0. The number of nitrogens with two attached hydrogens (primary N) is 1. The number of alkyl carbamates (subject to hydrolysis) is 1. The molecular weight excluding hydrogens is 362 g/mol. The average molecular weight is 385 g/mol. The number of anilines is 1. The van der Waals surface area contributed by atoms with Crippen LogP contribution >= 0.6 is 0 Å². The summed E-state index contributed by atoms with van der Waals surface area (Å²) in [6, 6.07) is 7.46. The van der Waals surface area contributed by atoms with Gasteiger partial charge in [0.05, 0.1) is 0 Å². The highest BCUT2D eigenvalue weighted by Gasteiger charge is 2.23. The summed E-state index contributed by atoms with van der Waals surface area (Å²) < 4.78 is 5.14. The van der Waals surface area contributed by atoms with Crippen LogP contribution in [0.2, 0.25) is 0 Å². The summed E-state index contributed by atoms with van der Waals surface area (Å²) in [5.41, 5.74) is 5.97. The molecule has 0 fully saturated rings. The van der Waals surface area contributed by atoms with Crippen molar-refractivity contribution in [3.8, 4) is 0 Å². The Morgan fingerprint density at radius 2 is 1.71 bits per heavy atom. The molecule has 0 aliphatic carbocycles. The second-order valence-corrected chi connectivity index (χ2v) is 7.03. The Morgan fingerprint density at radius 3 is 2.25 bits per heavy atom. The summed E-state index contributed by atoms with van der Waals surface area (Å²) in [5.74, 6) is -1.05. The van der Waals surface area contributed by atoms with E-state index in [-0.39, 0.29) is 12.2 Å². The van der Waals surface area contributed by atoms with E-state index < -0.39 is 29.6 Å². The first-order valence-corrected chi connectivity index (χ1v) is 8.60. The Labute approximate surface area is 162 Å². The number of hydrogen-bond acceptors (Lipinski definition) is 6. The molecule has 9 heteroatoms. The monoisotopic (exact) mass is 385 g/mol. The van der Waals surface area contributed by atoms with Gasteiger partial charge in [0.25, 0.3) is 5.91 Å². The molecule has 0 bridgehead atoms. The van der Waals surface area contributed by atoms with Gasteiger partial charge >= 0.3 is 6.09 Å². The minimum absolute atomic E-state index is 0.0573. The number of nitrogens with zero attached hydrogens (tertiary/aromatic N) is 2. The van der Waals surface area contributed by atoms with Crippen LogP contribution in [0.15, 0.2) is 42.7 Å². The molecule has 1 heterocycles. The van der Waals surface area contributed by atoms with Crippen LogP contribution in [0.4, 0.5) is 10.5 Å². The molecule has 0 aliphatic heterocycles. The van der Waals surface area contributed by atoms with E-state index in [1.807, 2.05) is 0 Å². The largest absolute Gasteiger partial charge is 0.444 e. The van der Waals surface area contributed by atoms with Crippen molar-refractivity contribution >= 4 is 23.6 Å². The molecular formula is C19H23N5O4. The maximum Gasteiger partial charge on any atom is 0.408 e. The molecule has 0 aliphatic rings. The first kappa shape index (κ1) is 20.8. The lowest BCUT2D eigenvalue weighted by Gasteiger charge is -2.22. The van der Waals surface area contributed by atoms with Gasteiger partial charge in [-0.2, -0.15) is 0 Å². The summed E-state index contributed by atoms with van der Waals surface area (Å²) in [4.78, 5) is 43.3. The van der Waals surface area contributed by atoms with Crippen molar-refractivity contribution in [2.75, 3.05) is 5.32 Å².